The lowest BCUT2D eigenvalue weighted by Gasteiger charge is -2.25. The minimum Gasteiger partial charge on any atom is -0.374 e. The first kappa shape index (κ1) is 13.9. The van der Waals surface area contributed by atoms with Crippen LogP contribution in [0.3, 0.4) is 0 Å². The molecule has 1 amide bonds. The lowest BCUT2D eigenvalue weighted by atomic mass is 10.0. The van der Waals surface area contributed by atoms with Gasteiger partial charge in [-0.3, -0.25) is 4.79 Å². The molecule has 1 unspecified atom stereocenters. The molecule has 4 heteroatoms. The number of rotatable bonds is 5. The van der Waals surface area contributed by atoms with Gasteiger partial charge in [-0.2, -0.15) is 0 Å². The van der Waals surface area contributed by atoms with Crippen molar-refractivity contribution in [2.24, 2.45) is 11.7 Å². The predicted octanol–water partition coefficient (Wildman–Crippen LogP) is 1.99. The van der Waals surface area contributed by atoms with Crippen LogP contribution in [0, 0.1) is 5.92 Å². The van der Waals surface area contributed by atoms with E-state index in [9.17, 15) is 4.79 Å². The first-order valence-electron chi connectivity index (χ1n) is 6.94. The Morgan fingerprint density at radius 3 is 2.95 bits per heavy atom. The molecule has 0 aromatic heterocycles. The van der Waals surface area contributed by atoms with Crippen molar-refractivity contribution in [3.63, 3.8) is 0 Å². The summed E-state index contributed by atoms with van der Waals surface area (Å²) in [4.78, 5) is 13.6. The molecule has 1 heterocycles. The topological polar surface area (TPSA) is 58.4 Å². The number of hydrogen-bond donors (Lipinski definition) is 2. The second-order valence-electron chi connectivity index (χ2n) is 5.45. The van der Waals surface area contributed by atoms with Crippen molar-refractivity contribution in [2.75, 3.05) is 30.4 Å². The van der Waals surface area contributed by atoms with Crippen LogP contribution in [0.1, 0.15) is 25.3 Å². The molecule has 0 saturated heterocycles. The van der Waals surface area contributed by atoms with Crippen LogP contribution in [0.4, 0.5) is 11.4 Å². The van der Waals surface area contributed by atoms with Gasteiger partial charge in [0.15, 0.2) is 0 Å². The van der Waals surface area contributed by atoms with E-state index in [4.69, 9.17) is 5.73 Å². The Morgan fingerprint density at radius 1 is 1.42 bits per heavy atom. The highest BCUT2D eigenvalue weighted by Gasteiger charge is 2.16. The first-order valence-corrected chi connectivity index (χ1v) is 6.94. The molecule has 0 saturated carbocycles. The fourth-order valence-electron chi connectivity index (χ4n) is 2.56. The molecule has 1 aromatic rings. The van der Waals surface area contributed by atoms with Gasteiger partial charge in [0, 0.05) is 31.4 Å². The van der Waals surface area contributed by atoms with Gasteiger partial charge >= 0.3 is 0 Å². The normalized spacial score (nSPS) is 15.6. The molecular weight excluding hydrogens is 238 g/mol. The van der Waals surface area contributed by atoms with Crippen LogP contribution >= 0.6 is 0 Å². The standard InChI is InChI=1S/C15H23N3O/c1-11(7-8-16)10-18(2)13-4-5-14-12(9-13)3-6-15(19)17-14/h4-5,9,11H,3,6-8,10,16H2,1-2H3,(H,17,19). The van der Waals surface area contributed by atoms with E-state index in [1.54, 1.807) is 0 Å². The first-order chi connectivity index (χ1) is 9.10. The van der Waals surface area contributed by atoms with Crippen molar-refractivity contribution in [3.8, 4) is 0 Å². The third-order valence-electron chi connectivity index (χ3n) is 3.67. The Kier molecular flexibility index (Phi) is 4.43. The zero-order chi connectivity index (χ0) is 13.8. The summed E-state index contributed by atoms with van der Waals surface area (Å²) in [6, 6.07) is 6.26. The summed E-state index contributed by atoms with van der Waals surface area (Å²) in [5, 5.41) is 2.91. The van der Waals surface area contributed by atoms with Gasteiger partial charge in [-0.25, -0.2) is 0 Å². The van der Waals surface area contributed by atoms with Crippen molar-refractivity contribution >= 4 is 17.3 Å². The molecule has 19 heavy (non-hydrogen) atoms. The number of carbonyl (C=O) groups is 1. The highest BCUT2D eigenvalue weighted by molar-refractivity contribution is 5.94. The zero-order valence-corrected chi connectivity index (χ0v) is 11.8. The summed E-state index contributed by atoms with van der Waals surface area (Å²) >= 11 is 0. The lowest BCUT2D eigenvalue weighted by molar-refractivity contribution is -0.116. The molecule has 3 N–H and O–H groups in total. The fraction of sp³-hybridized carbons (Fsp3) is 0.533. The largest absolute Gasteiger partial charge is 0.374 e. The van der Waals surface area contributed by atoms with Crippen molar-refractivity contribution in [1.82, 2.24) is 0 Å². The second-order valence-corrected chi connectivity index (χ2v) is 5.45. The number of nitrogens with one attached hydrogen (secondary N) is 1. The van der Waals surface area contributed by atoms with E-state index < -0.39 is 0 Å². The van der Waals surface area contributed by atoms with Crippen LogP contribution in [0.15, 0.2) is 18.2 Å². The van der Waals surface area contributed by atoms with E-state index in [1.165, 1.54) is 11.3 Å². The second kappa shape index (κ2) is 6.06. The van der Waals surface area contributed by atoms with Crippen molar-refractivity contribution in [3.05, 3.63) is 23.8 Å². The summed E-state index contributed by atoms with van der Waals surface area (Å²) in [6.45, 7) is 3.97. The van der Waals surface area contributed by atoms with E-state index >= 15 is 0 Å². The van der Waals surface area contributed by atoms with E-state index in [0.29, 0.717) is 12.3 Å². The van der Waals surface area contributed by atoms with E-state index in [0.717, 1.165) is 31.6 Å². The molecule has 0 aliphatic carbocycles. The molecule has 4 nitrogen and oxygen atoms in total. The maximum atomic E-state index is 11.3. The van der Waals surface area contributed by atoms with Crippen molar-refractivity contribution in [2.45, 2.75) is 26.2 Å². The average Bonchev–Trinajstić information content (AvgIpc) is 2.38. The van der Waals surface area contributed by atoms with Gasteiger partial charge in [-0.1, -0.05) is 6.92 Å². The van der Waals surface area contributed by atoms with Crippen molar-refractivity contribution < 1.29 is 4.79 Å². The van der Waals surface area contributed by atoms with Gasteiger partial charge in [-0.05, 0) is 49.1 Å². The monoisotopic (exact) mass is 261 g/mol. The summed E-state index contributed by atoms with van der Waals surface area (Å²) in [5.41, 5.74) is 8.99. The van der Waals surface area contributed by atoms with Crippen LogP contribution in [0.2, 0.25) is 0 Å². The van der Waals surface area contributed by atoms with E-state index in [1.807, 2.05) is 6.07 Å². The van der Waals surface area contributed by atoms with E-state index in [-0.39, 0.29) is 5.91 Å². The minimum absolute atomic E-state index is 0.116. The number of nitrogens with zero attached hydrogens (tertiary/aromatic N) is 1. The Hall–Kier alpha value is -1.55. The number of benzene rings is 1. The predicted molar refractivity (Wildman–Crippen MR) is 79.5 cm³/mol. The number of amides is 1. The molecule has 104 valence electrons. The van der Waals surface area contributed by atoms with Gasteiger partial charge in [0.1, 0.15) is 0 Å². The van der Waals surface area contributed by atoms with Gasteiger partial charge in [0.2, 0.25) is 5.91 Å². The summed E-state index contributed by atoms with van der Waals surface area (Å²) in [5.74, 6) is 0.705. The smallest absolute Gasteiger partial charge is 0.224 e. The van der Waals surface area contributed by atoms with Crippen molar-refractivity contribution in [1.29, 1.82) is 0 Å². The Labute approximate surface area is 115 Å². The van der Waals surface area contributed by atoms with Gasteiger partial charge < -0.3 is 16.0 Å². The van der Waals surface area contributed by atoms with Crippen LogP contribution in [0.5, 0.6) is 0 Å². The zero-order valence-electron chi connectivity index (χ0n) is 11.8. The van der Waals surface area contributed by atoms with Crippen LogP contribution in [-0.4, -0.2) is 26.0 Å². The third kappa shape index (κ3) is 3.47. The lowest BCUT2D eigenvalue weighted by Crippen LogP contribution is -2.26. The number of aryl methyl sites for hydroxylation is 1. The number of fused-ring (bicyclic) bond motifs is 1. The molecule has 1 aliphatic heterocycles. The summed E-state index contributed by atoms with van der Waals surface area (Å²) < 4.78 is 0. The maximum Gasteiger partial charge on any atom is 0.224 e. The van der Waals surface area contributed by atoms with Gasteiger partial charge in [0.25, 0.3) is 0 Å². The number of nitrogens with two attached hydrogens (primary N) is 1. The minimum atomic E-state index is 0.116. The molecule has 1 aliphatic rings. The quantitative estimate of drug-likeness (QED) is 0.852. The Morgan fingerprint density at radius 2 is 2.21 bits per heavy atom. The molecular formula is C15H23N3O. The van der Waals surface area contributed by atoms with Crippen LogP contribution in [0.25, 0.3) is 0 Å². The molecule has 0 fully saturated rings. The number of carbonyl (C=O) groups excluding carboxylic acids is 1. The fourth-order valence-corrected chi connectivity index (χ4v) is 2.56. The van der Waals surface area contributed by atoms with Crippen LogP contribution in [-0.2, 0) is 11.2 Å². The Bertz CT molecular complexity index is 459. The highest BCUT2D eigenvalue weighted by atomic mass is 16.1. The molecule has 1 aromatic carbocycles. The van der Waals surface area contributed by atoms with Gasteiger partial charge in [0.05, 0.1) is 0 Å². The molecule has 1 atom stereocenters. The number of anilines is 2. The average molecular weight is 261 g/mol. The Balaban J connectivity index is 2.07. The SMILES string of the molecule is CC(CCN)CN(C)c1ccc2c(c1)CCC(=O)N2. The molecule has 0 bridgehead atoms. The summed E-state index contributed by atoms with van der Waals surface area (Å²) in [7, 11) is 2.11. The highest BCUT2D eigenvalue weighted by Crippen LogP contribution is 2.27. The number of hydrogen-bond acceptors (Lipinski definition) is 3. The molecule has 0 radical (unpaired) electrons. The summed E-state index contributed by atoms with van der Waals surface area (Å²) in [6.07, 6.45) is 2.47. The van der Waals surface area contributed by atoms with Gasteiger partial charge in [-0.15, -0.1) is 0 Å². The third-order valence-corrected chi connectivity index (χ3v) is 3.67. The maximum absolute atomic E-state index is 11.3. The molecule has 2 rings (SSSR count). The van der Waals surface area contributed by atoms with E-state index in [2.05, 4.69) is 36.3 Å². The van der Waals surface area contributed by atoms with Crippen LogP contribution < -0.4 is 16.0 Å². The molecule has 0 spiro atoms.